The van der Waals surface area contributed by atoms with Gasteiger partial charge in [0.1, 0.15) is 12.3 Å². The highest BCUT2D eigenvalue weighted by Gasteiger charge is 2.08. The lowest BCUT2D eigenvalue weighted by atomic mass is 10.1. The largest absolute Gasteiger partial charge is 0.484 e. The molecule has 2 N–H and O–H groups in total. The van der Waals surface area contributed by atoms with Gasteiger partial charge in [-0.1, -0.05) is 35.9 Å². The fraction of sp³-hybridized carbons (Fsp3) is 0.316. The van der Waals surface area contributed by atoms with Crippen molar-refractivity contribution in [1.82, 2.24) is 5.32 Å². The molecule has 0 fully saturated rings. The van der Waals surface area contributed by atoms with Gasteiger partial charge in [-0.25, -0.2) is 0 Å². The third-order valence-corrected chi connectivity index (χ3v) is 4.06. The van der Waals surface area contributed by atoms with Gasteiger partial charge in [-0.3, -0.25) is 4.79 Å². The van der Waals surface area contributed by atoms with E-state index in [-0.39, 0.29) is 12.5 Å². The predicted octanol–water partition coefficient (Wildman–Crippen LogP) is 1.99. The molecule has 0 aliphatic heterocycles. The minimum atomic E-state index is -0.144. The van der Waals surface area contributed by atoms with Crippen LogP contribution in [0.3, 0.4) is 0 Å². The van der Waals surface area contributed by atoms with Crippen molar-refractivity contribution in [1.29, 1.82) is 0 Å². The lowest BCUT2D eigenvalue weighted by molar-refractivity contribution is -0.872. The summed E-state index contributed by atoms with van der Waals surface area (Å²) in [6.07, 6.45) is 0. The van der Waals surface area contributed by atoms with Crippen molar-refractivity contribution in [3.63, 3.8) is 0 Å². The minimum absolute atomic E-state index is 0.0117. The first-order chi connectivity index (χ1) is 11.5. The molecule has 0 bridgehead atoms. The number of hydrogen-bond donors (Lipinski definition) is 2. The van der Waals surface area contributed by atoms with Crippen molar-refractivity contribution in [3.05, 3.63) is 64.2 Å². The zero-order chi connectivity index (χ0) is 17.5. The molecule has 128 valence electrons. The first kappa shape index (κ1) is 18.3. The summed E-state index contributed by atoms with van der Waals surface area (Å²) >= 11 is 5.98. The van der Waals surface area contributed by atoms with E-state index in [0.717, 1.165) is 17.7 Å². The summed E-state index contributed by atoms with van der Waals surface area (Å²) in [6, 6.07) is 13.5. The van der Waals surface area contributed by atoms with E-state index in [4.69, 9.17) is 16.3 Å². The molecule has 0 saturated carbocycles. The number of halogens is 1. The Bertz CT molecular complexity index is 702. The second-order valence-electron chi connectivity index (χ2n) is 6.13. The van der Waals surface area contributed by atoms with Gasteiger partial charge in [0, 0.05) is 17.1 Å². The van der Waals surface area contributed by atoms with E-state index in [1.165, 1.54) is 10.5 Å². The lowest BCUT2D eigenvalue weighted by Crippen LogP contribution is -3.04. The Balaban J connectivity index is 1.86. The van der Waals surface area contributed by atoms with Crippen LogP contribution in [0.5, 0.6) is 5.75 Å². The van der Waals surface area contributed by atoms with Gasteiger partial charge in [0.2, 0.25) is 0 Å². The van der Waals surface area contributed by atoms with Crippen LogP contribution in [0.15, 0.2) is 42.5 Å². The summed E-state index contributed by atoms with van der Waals surface area (Å²) < 4.78 is 5.51. The second-order valence-corrected chi connectivity index (χ2v) is 6.54. The number of nitrogens with one attached hydrogen (secondary N) is 2. The molecule has 2 rings (SSSR count). The minimum Gasteiger partial charge on any atom is -0.484 e. The zero-order valence-corrected chi connectivity index (χ0v) is 15.1. The van der Waals surface area contributed by atoms with Gasteiger partial charge in [-0.2, -0.15) is 0 Å². The number of benzene rings is 2. The highest BCUT2D eigenvalue weighted by Crippen LogP contribution is 2.20. The highest BCUT2D eigenvalue weighted by atomic mass is 35.5. The van der Waals surface area contributed by atoms with Gasteiger partial charge in [-0.05, 0) is 36.2 Å². The van der Waals surface area contributed by atoms with Crippen LogP contribution in [-0.2, 0) is 17.9 Å². The molecule has 0 spiro atoms. The van der Waals surface area contributed by atoms with Crippen LogP contribution in [0.2, 0.25) is 5.02 Å². The first-order valence-corrected chi connectivity index (χ1v) is 8.35. The Kier molecular flexibility index (Phi) is 6.64. The molecule has 24 heavy (non-hydrogen) atoms. The normalized spacial score (nSPS) is 10.7. The van der Waals surface area contributed by atoms with Crippen LogP contribution in [0, 0.1) is 6.92 Å². The first-order valence-electron chi connectivity index (χ1n) is 7.97. The smallest absolute Gasteiger partial charge is 0.258 e. The summed E-state index contributed by atoms with van der Waals surface area (Å²) in [6.45, 7) is 3.32. The van der Waals surface area contributed by atoms with Crippen molar-refractivity contribution in [2.24, 2.45) is 0 Å². The van der Waals surface area contributed by atoms with Crippen LogP contribution in [0.4, 0.5) is 0 Å². The van der Waals surface area contributed by atoms with Gasteiger partial charge >= 0.3 is 0 Å². The number of hydrogen-bond acceptors (Lipinski definition) is 2. The fourth-order valence-electron chi connectivity index (χ4n) is 2.38. The van der Waals surface area contributed by atoms with Gasteiger partial charge in [-0.15, -0.1) is 0 Å². The molecule has 2 aromatic rings. The van der Waals surface area contributed by atoms with Gasteiger partial charge in [0.05, 0.1) is 14.1 Å². The van der Waals surface area contributed by atoms with Crippen molar-refractivity contribution >= 4 is 17.5 Å². The second kappa shape index (κ2) is 8.71. The van der Waals surface area contributed by atoms with Gasteiger partial charge < -0.3 is 15.0 Å². The maximum atomic E-state index is 12.0. The van der Waals surface area contributed by atoms with Crippen LogP contribution >= 0.6 is 11.6 Å². The maximum absolute atomic E-state index is 12.0. The Morgan fingerprint density at radius 2 is 1.88 bits per heavy atom. The number of carbonyl (C=O) groups is 1. The van der Waals surface area contributed by atoms with Crippen LogP contribution in [0.1, 0.15) is 16.7 Å². The molecule has 5 heteroatoms. The SMILES string of the molecule is Cc1cc(OCC(=O)NCc2ccccc2C[NH+](C)C)ccc1Cl. The van der Waals surface area contributed by atoms with Crippen molar-refractivity contribution in [3.8, 4) is 5.75 Å². The highest BCUT2D eigenvalue weighted by molar-refractivity contribution is 6.31. The fourth-order valence-corrected chi connectivity index (χ4v) is 2.50. The van der Waals surface area contributed by atoms with Crippen molar-refractivity contribution in [2.45, 2.75) is 20.0 Å². The Morgan fingerprint density at radius 3 is 2.54 bits per heavy atom. The molecule has 0 aliphatic carbocycles. The van der Waals surface area contributed by atoms with Gasteiger partial charge in [0.25, 0.3) is 5.91 Å². The molecule has 0 aliphatic rings. The molecule has 0 saturated heterocycles. The third kappa shape index (κ3) is 5.55. The monoisotopic (exact) mass is 347 g/mol. The number of amides is 1. The molecule has 0 aromatic heterocycles. The van der Waals surface area contributed by atoms with E-state index in [0.29, 0.717) is 17.3 Å². The molecular weight excluding hydrogens is 324 g/mol. The van der Waals surface area contributed by atoms with Crippen LogP contribution < -0.4 is 15.0 Å². The predicted molar refractivity (Wildman–Crippen MR) is 96.5 cm³/mol. The number of aryl methyl sites for hydroxylation is 1. The Hall–Kier alpha value is -2.04. The maximum Gasteiger partial charge on any atom is 0.258 e. The van der Waals surface area contributed by atoms with Crippen LogP contribution in [-0.4, -0.2) is 26.6 Å². The van der Waals surface area contributed by atoms with E-state index in [2.05, 4.69) is 25.5 Å². The molecule has 1 amide bonds. The molecule has 0 radical (unpaired) electrons. The molecular formula is C19H24ClN2O2+. The summed E-state index contributed by atoms with van der Waals surface area (Å²) in [4.78, 5) is 13.4. The molecule has 0 atom stereocenters. The average molecular weight is 348 g/mol. The summed E-state index contributed by atoms with van der Waals surface area (Å²) in [5.74, 6) is 0.498. The summed E-state index contributed by atoms with van der Waals surface area (Å²) in [7, 11) is 4.22. The van der Waals surface area contributed by atoms with Gasteiger partial charge in [0.15, 0.2) is 6.61 Å². The van der Waals surface area contributed by atoms with E-state index in [1.807, 2.05) is 31.2 Å². The molecule has 0 unspecified atom stereocenters. The van der Waals surface area contributed by atoms with E-state index >= 15 is 0 Å². The zero-order valence-electron chi connectivity index (χ0n) is 14.4. The summed E-state index contributed by atoms with van der Waals surface area (Å²) in [5, 5.41) is 3.60. The third-order valence-electron chi connectivity index (χ3n) is 3.64. The Morgan fingerprint density at radius 1 is 1.17 bits per heavy atom. The van der Waals surface area contributed by atoms with E-state index in [1.54, 1.807) is 12.1 Å². The molecule has 4 nitrogen and oxygen atoms in total. The number of carbonyl (C=O) groups excluding carboxylic acids is 1. The quantitative estimate of drug-likeness (QED) is 0.804. The molecule has 2 aromatic carbocycles. The summed E-state index contributed by atoms with van der Waals surface area (Å²) in [5.41, 5.74) is 3.30. The average Bonchev–Trinajstić information content (AvgIpc) is 2.54. The van der Waals surface area contributed by atoms with Crippen LogP contribution in [0.25, 0.3) is 0 Å². The molecule has 0 heterocycles. The van der Waals surface area contributed by atoms with E-state index < -0.39 is 0 Å². The lowest BCUT2D eigenvalue weighted by Gasteiger charge is -2.13. The number of rotatable bonds is 7. The van der Waals surface area contributed by atoms with Crippen molar-refractivity contribution < 1.29 is 14.4 Å². The Labute approximate surface area is 148 Å². The topological polar surface area (TPSA) is 42.8 Å². The van der Waals surface area contributed by atoms with Crippen molar-refractivity contribution in [2.75, 3.05) is 20.7 Å². The van der Waals surface area contributed by atoms with E-state index in [9.17, 15) is 4.79 Å². The number of ether oxygens (including phenoxy) is 1. The number of quaternary nitrogens is 1. The standard InChI is InChI=1S/C19H23ClN2O2/c1-14-10-17(8-9-18(14)20)24-13-19(23)21-11-15-6-4-5-7-16(15)12-22(2)3/h4-10H,11-13H2,1-3H3,(H,21,23)/p+1.